The van der Waals surface area contributed by atoms with Gasteiger partial charge in [-0.25, -0.2) is 0 Å². The van der Waals surface area contributed by atoms with E-state index in [4.69, 9.17) is 28.0 Å². The van der Waals surface area contributed by atoms with E-state index in [2.05, 4.69) is 48.2 Å². The van der Waals surface area contributed by atoms with Gasteiger partial charge in [0.25, 0.3) is 0 Å². The van der Waals surface area contributed by atoms with Crippen molar-refractivity contribution in [1.82, 2.24) is 4.90 Å². The van der Waals surface area contributed by atoms with Gasteiger partial charge in [-0.1, -0.05) is 71.9 Å². The maximum Gasteiger partial charge on any atom is 0.181 e. The zero-order chi connectivity index (χ0) is 21.8. The van der Waals surface area contributed by atoms with Crippen LogP contribution in [-0.4, -0.2) is 23.2 Å². The smallest absolute Gasteiger partial charge is 0.181 e. The summed E-state index contributed by atoms with van der Waals surface area (Å²) in [6, 6.07) is 9.37. The summed E-state index contributed by atoms with van der Waals surface area (Å²) >= 11 is 13.3. The Labute approximate surface area is 195 Å². The number of hydrogen-bond donors (Lipinski definition) is 0. The Morgan fingerprint density at radius 1 is 0.968 bits per heavy atom. The second-order valence-electron chi connectivity index (χ2n) is 9.53. The summed E-state index contributed by atoms with van der Waals surface area (Å²) in [5, 5.41) is 6.12. The van der Waals surface area contributed by atoms with E-state index >= 15 is 0 Å². The van der Waals surface area contributed by atoms with Gasteiger partial charge in [0, 0.05) is 46.7 Å². The van der Waals surface area contributed by atoms with Gasteiger partial charge in [0.15, 0.2) is 5.60 Å². The third kappa shape index (κ3) is 3.50. The average molecular weight is 457 g/mol. The number of oxime groups is 1. The molecule has 2 heterocycles. The molecule has 2 aliphatic heterocycles. The van der Waals surface area contributed by atoms with E-state index in [1.165, 1.54) is 43.2 Å². The number of fused-ring (bicyclic) bond motifs is 2. The van der Waals surface area contributed by atoms with Crippen molar-refractivity contribution in [2.75, 3.05) is 6.54 Å². The molecule has 1 saturated carbocycles. The van der Waals surface area contributed by atoms with Crippen LogP contribution in [0.4, 0.5) is 0 Å². The van der Waals surface area contributed by atoms with Crippen LogP contribution in [0.25, 0.3) is 0 Å². The highest BCUT2D eigenvalue weighted by Crippen LogP contribution is 2.45. The molecule has 0 aromatic heterocycles. The summed E-state index contributed by atoms with van der Waals surface area (Å²) in [6.45, 7) is 7.98. The molecular weight excluding hydrogens is 427 g/mol. The molecule has 1 atom stereocenters. The largest absolute Gasteiger partial charge is 0.382 e. The fourth-order valence-corrected chi connectivity index (χ4v) is 6.35. The predicted molar refractivity (Wildman–Crippen MR) is 128 cm³/mol. The fourth-order valence-electron chi connectivity index (χ4n) is 5.93. The number of rotatable bonds is 2. The maximum absolute atomic E-state index is 6.63. The van der Waals surface area contributed by atoms with E-state index in [1.54, 1.807) is 0 Å². The Morgan fingerprint density at radius 3 is 2.35 bits per heavy atom. The lowest BCUT2D eigenvalue weighted by Gasteiger charge is -2.44. The third-order valence-electron chi connectivity index (χ3n) is 7.57. The van der Waals surface area contributed by atoms with Crippen molar-refractivity contribution in [1.29, 1.82) is 0 Å². The summed E-state index contributed by atoms with van der Waals surface area (Å²) < 4.78 is 0. The molecule has 1 spiro atoms. The molecule has 164 valence electrons. The zero-order valence-corrected chi connectivity index (χ0v) is 20.1. The van der Waals surface area contributed by atoms with Crippen LogP contribution in [0.1, 0.15) is 71.9 Å². The maximum atomic E-state index is 6.63. The van der Waals surface area contributed by atoms with Crippen LogP contribution in [0.5, 0.6) is 0 Å². The standard InChI is InChI=1S/C26H30Cl2N2O/c1-16-23(17(2)25(28)18(3)24(16)27)22-13-26(31-29-22)15-30(20-10-5-4-6-11-20)14-19-9-7-8-12-21(19)26/h7-9,12,20H,4-6,10-11,13-15H2,1-3H3. The molecule has 0 saturated heterocycles. The Kier molecular flexibility index (Phi) is 5.57. The molecule has 1 fully saturated rings. The second-order valence-corrected chi connectivity index (χ2v) is 10.3. The molecule has 1 aliphatic carbocycles. The Morgan fingerprint density at radius 2 is 1.65 bits per heavy atom. The minimum atomic E-state index is -0.440. The Bertz CT molecular complexity index is 1030. The van der Waals surface area contributed by atoms with Crippen LogP contribution in [0.3, 0.4) is 0 Å². The van der Waals surface area contributed by atoms with Gasteiger partial charge in [-0.2, -0.15) is 0 Å². The summed E-state index contributed by atoms with van der Waals surface area (Å²) in [5.74, 6) is 0. The van der Waals surface area contributed by atoms with Crippen molar-refractivity contribution in [3.63, 3.8) is 0 Å². The minimum Gasteiger partial charge on any atom is -0.382 e. The van der Waals surface area contributed by atoms with E-state index in [0.29, 0.717) is 6.04 Å². The molecule has 1 unspecified atom stereocenters. The molecule has 3 nitrogen and oxygen atoms in total. The highest BCUT2D eigenvalue weighted by atomic mass is 35.5. The summed E-state index contributed by atoms with van der Waals surface area (Å²) in [6.07, 6.45) is 7.34. The van der Waals surface area contributed by atoms with Crippen molar-refractivity contribution >= 4 is 28.9 Å². The molecule has 5 heteroatoms. The first-order valence-corrected chi connectivity index (χ1v) is 12.2. The lowest BCUT2D eigenvalue weighted by Crippen LogP contribution is -2.50. The van der Waals surface area contributed by atoms with E-state index in [9.17, 15) is 0 Å². The van der Waals surface area contributed by atoms with E-state index in [0.717, 1.165) is 57.5 Å². The normalized spacial score (nSPS) is 24.2. The molecule has 31 heavy (non-hydrogen) atoms. The first kappa shape index (κ1) is 21.3. The first-order valence-electron chi connectivity index (χ1n) is 11.4. The van der Waals surface area contributed by atoms with Crippen LogP contribution < -0.4 is 0 Å². The third-order valence-corrected chi connectivity index (χ3v) is 8.70. The average Bonchev–Trinajstić information content (AvgIpc) is 3.21. The van der Waals surface area contributed by atoms with Crippen molar-refractivity contribution in [3.05, 3.63) is 67.7 Å². The topological polar surface area (TPSA) is 24.8 Å². The SMILES string of the molecule is Cc1c(Cl)c(C)c(C2=NOC3(C2)CN(C2CCCCC2)Cc2ccccc23)c(C)c1Cl. The molecule has 0 radical (unpaired) electrons. The fraction of sp³-hybridized carbons (Fsp3) is 0.500. The lowest BCUT2D eigenvalue weighted by molar-refractivity contribution is -0.0713. The molecular formula is C26H30Cl2N2O. The number of halogens is 2. The molecule has 2 aromatic carbocycles. The number of hydrogen-bond acceptors (Lipinski definition) is 3. The van der Waals surface area contributed by atoms with Gasteiger partial charge in [0.05, 0.1) is 5.71 Å². The van der Waals surface area contributed by atoms with Gasteiger partial charge in [0.2, 0.25) is 0 Å². The molecule has 0 N–H and O–H groups in total. The minimum absolute atomic E-state index is 0.440. The van der Waals surface area contributed by atoms with E-state index < -0.39 is 5.60 Å². The summed E-state index contributed by atoms with van der Waals surface area (Å²) in [7, 11) is 0. The molecule has 0 amide bonds. The van der Waals surface area contributed by atoms with Gasteiger partial charge in [-0.05, 0) is 55.9 Å². The summed E-state index contributed by atoms with van der Waals surface area (Å²) in [5.41, 5.74) is 7.21. The van der Waals surface area contributed by atoms with E-state index in [-0.39, 0.29) is 0 Å². The van der Waals surface area contributed by atoms with Crippen molar-refractivity contribution in [2.45, 2.75) is 77.5 Å². The van der Waals surface area contributed by atoms with Crippen molar-refractivity contribution in [3.8, 4) is 0 Å². The second kappa shape index (κ2) is 8.10. The van der Waals surface area contributed by atoms with E-state index in [1.807, 2.05) is 6.92 Å². The summed E-state index contributed by atoms with van der Waals surface area (Å²) in [4.78, 5) is 9.02. The Balaban J connectivity index is 1.53. The van der Waals surface area contributed by atoms with Gasteiger partial charge in [-0.15, -0.1) is 0 Å². The highest BCUT2D eigenvalue weighted by Gasteiger charge is 2.48. The Hall–Kier alpha value is -1.55. The van der Waals surface area contributed by atoms with Gasteiger partial charge < -0.3 is 4.84 Å². The number of benzene rings is 2. The molecule has 2 aromatic rings. The van der Waals surface area contributed by atoms with Crippen LogP contribution in [0, 0.1) is 20.8 Å². The monoisotopic (exact) mass is 456 g/mol. The van der Waals surface area contributed by atoms with Crippen LogP contribution in [-0.2, 0) is 17.0 Å². The van der Waals surface area contributed by atoms with Gasteiger partial charge >= 0.3 is 0 Å². The first-order chi connectivity index (χ1) is 14.9. The number of nitrogens with zero attached hydrogens (tertiary/aromatic N) is 2. The van der Waals surface area contributed by atoms with Crippen molar-refractivity contribution in [2.24, 2.45) is 5.16 Å². The van der Waals surface area contributed by atoms with Crippen LogP contribution >= 0.6 is 23.2 Å². The highest BCUT2D eigenvalue weighted by molar-refractivity contribution is 6.37. The molecule has 0 bridgehead atoms. The van der Waals surface area contributed by atoms with Crippen LogP contribution in [0.2, 0.25) is 10.0 Å². The van der Waals surface area contributed by atoms with Crippen LogP contribution in [0.15, 0.2) is 29.4 Å². The molecule has 3 aliphatic rings. The zero-order valence-electron chi connectivity index (χ0n) is 18.6. The van der Waals surface area contributed by atoms with Crippen molar-refractivity contribution < 1.29 is 4.84 Å². The van der Waals surface area contributed by atoms with Gasteiger partial charge in [-0.3, -0.25) is 4.90 Å². The lowest BCUT2D eigenvalue weighted by atomic mass is 9.79. The van der Waals surface area contributed by atoms with Gasteiger partial charge in [0.1, 0.15) is 0 Å². The molecule has 5 rings (SSSR count). The predicted octanol–water partition coefficient (Wildman–Crippen LogP) is 7.09. The quantitative estimate of drug-likeness (QED) is 0.481.